The van der Waals surface area contributed by atoms with Crippen LogP contribution in [0.1, 0.15) is 5.69 Å². The number of carbonyl (C=O) groups excluding carboxylic acids is 1. The number of hydrogen-bond donors (Lipinski definition) is 1. The van der Waals surface area contributed by atoms with Crippen molar-refractivity contribution in [3.05, 3.63) is 18.2 Å². The van der Waals surface area contributed by atoms with Crippen LogP contribution in [-0.2, 0) is 18.3 Å². The third-order valence-electron chi connectivity index (χ3n) is 1.54. The van der Waals surface area contributed by atoms with Gasteiger partial charge in [0.1, 0.15) is 6.29 Å². The second-order valence-corrected chi connectivity index (χ2v) is 2.50. The molecule has 1 atom stereocenters. The summed E-state index contributed by atoms with van der Waals surface area (Å²) in [5, 5.41) is 0. The molecular weight excluding hydrogens is 142 g/mol. The molecule has 0 aromatic carbocycles. The van der Waals surface area contributed by atoms with Crippen molar-refractivity contribution in [3.8, 4) is 0 Å². The van der Waals surface area contributed by atoms with Gasteiger partial charge in [0.2, 0.25) is 0 Å². The Labute approximate surface area is 65.0 Å². The fraction of sp³-hybridized carbons (Fsp3) is 0.429. The van der Waals surface area contributed by atoms with Crippen molar-refractivity contribution in [1.29, 1.82) is 0 Å². The zero-order valence-electron chi connectivity index (χ0n) is 6.40. The summed E-state index contributed by atoms with van der Waals surface area (Å²) < 4.78 is 1.85. The number of aldehydes is 1. The summed E-state index contributed by atoms with van der Waals surface area (Å²) >= 11 is 0. The molecule has 0 aliphatic rings. The van der Waals surface area contributed by atoms with Gasteiger partial charge in [-0.1, -0.05) is 0 Å². The lowest BCUT2D eigenvalue weighted by Crippen LogP contribution is -2.25. The number of imidazole rings is 1. The number of nitrogens with two attached hydrogens (primary N) is 1. The first-order valence-corrected chi connectivity index (χ1v) is 3.40. The van der Waals surface area contributed by atoms with Crippen LogP contribution in [0.4, 0.5) is 0 Å². The normalized spacial score (nSPS) is 12.9. The van der Waals surface area contributed by atoms with E-state index in [1.54, 1.807) is 12.5 Å². The summed E-state index contributed by atoms with van der Waals surface area (Å²) in [6.07, 6.45) is 4.70. The Balaban J connectivity index is 2.63. The summed E-state index contributed by atoms with van der Waals surface area (Å²) in [4.78, 5) is 14.1. The van der Waals surface area contributed by atoms with Gasteiger partial charge in [0, 0.05) is 25.4 Å². The van der Waals surface area contributed by atoms with Crippen molar-refractivity contribution < 1.29 is 4.79 Å². The molecule has 2 N–H and O–H groups in total. The Kier molecular flexibility index (Phi) is 2.38. The summed E-state index contributed by atoms with van der Waals surface area (Å²) in [5.41, 5.74) is 6.40. The molecule has 0 saturated carbocycles. The Morgan fingerprint density at radius 1 is 1.91 bits per heavy atom. The summed E-state index contributed by atoms with van der Waals surface area (Å²) in [6.45, 7) is 0. The van der Waals surface area contributed by atoms with Gasteiger partial charge in [-0.15, -0.1) is 0 Å². The summed E-state index contributed by atoms with van der Waals surface area (Å²) in [7, 11) is 1.87. The molecule has 0 amide bonds. The van der Waals surface area contributed by atoms with E-state index in [0.29, 0.717) is 6.42 Å². The van der Waals surface area contributed by atoms with Crippen molar-refractivity contribution in [3.63, 3.8) is 0 Å². The van der Waals surface area contributed by atoms with Crippen LogP contribution in [0.3, 0.4) is 0 Å². The van der Waals surface area contributed by atoms with Gasteiger partial charge in [-0.3, -0.25) is 0 Å². The maximum Gasteiger partial charge on any atom is 0.137 e. The molecule has 0 spiro atoms. The topological polar surface area (TPSA) is 60.9 Å². The minimum absolute atomic E-state index is 0.412. The highest BCUT2D eigenvalue weighted by Gasteiger charge is 2.04. The molecule has 0 aliphatic heterocycles. The van der Waals surface area contributed by atoms with E-state index in [9.17, 15) is 4.79 Å². The number of carbonyl (C=O) groups is 1. The Hall–Kier alpha value is -1.16. The fourth-order valence-electron chi connectivity index (χ4n) is 0.871. The number of aromatic nitrogens is 2. The number of hydrogen-bond acceptors (Lipinski definition) is 3. The average molecular weight is 153 g/mol. The maximum absolute atomic E-state index is 10.2. The van der Waals surface area contributed by atoms with Gasteiger partial charge < -0.3 is 15.1 Å². The van der Waals surface area contributed by atoms with E-state index in [1.165, 1.54) is 0 Å². The van der Waals surface area contributed by atoms with E-state index >= 15 is 0 Å². The van der Waals surface area contributed by atoms with E-state index in [1.807, 2.05) is 11.6 Å². The SMILES string of the molecule is Cn1cncc1CC(N)C=O. The van der Waals surface area contributed by atoms with E-state index < -0.39 is 6.04 Å². The molecule has 4 nitrogen and oxygen atoms in total. The quantitative estimate of drug-likeness (QED) is 0.595. The number of nitrogens with zero attached hydrogens (tertiary/aromatic N) is 2. The van der Waals surface area contributed by atoms with Gasteiger partial charge in [0.15, 0.2) is 0 Å². The third-order valence-corrected chi connectivity index (χ3v) is 1.54. The molecule has 0 radical (unpaired) electrons. The predicted octanol–water partition coefficient (Wildman–Crippen LogP) is -0.511. The first-order valence-electron chi connectivity index (χ1n) is 3.40. The van der Waals surface area contributed by atoms with Crippen molar-refractivity contribution in [1.82, 2.24) is 9.55 Å². The molecule has 1 aromatic rings. The standard InChI is InChI=1S/C7H11N3O/c1-10-5-9-3-7(10)2-6(8)4-11/h3-6H,2,8H2,1H3. The molecule has 4 heteroatoms. The van der Waals surface area contributed by atoms with Gasteiger partial charge >= 0.3 is 0 Å². The first-order chi connectivity index (χ1) is 5.24. The second kappa shape index (κ2) is 3.30. The minimum Gasteiger partial charge on any atom is -0.338 e. The predicted molar refractivity (Wildman–Crippen MR) is 41.0 cm³/mol. The zero-order valence-corrected chi connectivity index (χ0v) is 6.40. The van der Waals surface area contributed by atoms with Crippen molar-refractivity contribution in [2.24, 2.45) is 12.8 Å². The van der Waals surface area contributed by atoms with E-state index in [4.69, 9.17) is 5.73 Å². The smallest absolute Gasteiger partial charge is 0.137 e. The molecule has 0 aliphatic carbocycles. The van der Waals surface area contributed by atoms with E-state index in [0.717, 1.165) is 12.0 Å². The number of rotatable bonds is 3. The van der Waals surface area contributed by atoms with Crippen LogP contribution in [0.25, 0.3) is 0 Å². The van der Waals surface area contributed by atoms with Crippen LogP contribution in [0, 0.1) is 0 Å². The highest BCUT2D eigenvalue weighted by atomic mass is 16.1. The van der Waals surface area contributed by atoms with Gasteiger partial charge in [-0.05, 0) is 0 Å². The fourth-order valence-corrected chi connectivity index (χ4v) is 0.871. The van der Waals surface area contributed by atoms with Crippen LogP contribution in [0.15, 0.2) is 12.5 Å². The minimum atomic E-state index is -0.412. The lowest BCUT2D eigenvalue weighted by atomic mass is 10.2. The van der Waals surface area contributed by atoms with Crippen LogP contribution in [0.5, 0.6) is 0 Å². The van der Waals surface area contributed by atoms with Crippen molar-refractivity contribution in [2.75, 3.05) is 0 Å². The van der Waals surface area contributed by atoms with Crippen molar-refractivity contribution >= 4 is 6.29 Å². The molecule has 0 fully saturated rings. The maximum atomic E-state index is 10.2. The molecule has 60 valence electrons. The number of aryl methyl sites for hydroxylation is 1. The van der Waals surface area contributed by atoms with E-state index in [-0.39, 0.29) is 0 Å². The molecule has 0 bridgehead atoms. The summed E-state index contributed by atoms with van der Waals surface area (Å²) in [6, 6.07) is -0.412. The largest absolute Gasteiger partial charge is 0.338 e. The van der Waals surface area contributed by atoms with Gasteiger partial charge in [0.05, 0.1) is 12.4 Å². The molecule has 1 rings (SSSR count). The second-order valence-electron chi connectivity index (χ2n) is 2.50. The van der Waals surface area contributed by atoms with Crippen LogP contribution in [0.2, 0.25) is 0 Å². The van der Waals surface area contributed by atoms with E-state index in [2.05, 4.69) is 4.98 Å². The van der Waals surface area contributed by atoms with Crippen LogP contribution < -0.4 is 5.73 Å². The summed E-state index contributed by atoms with van der Waals surface area (Å²) in [5.74, 6) is 0. The average Bonchev–Trinajstić information content (AvgIpc) is 2.37. The van der Waals surface area contributed by atoms with Crippen LogP contribution >= 0.6 is 0 Å². The first kappa shape index (κ1) is 7.94. The van der Waals surface area contributed by atoms with Crippen LogP contribution in [-0.4, -0.2) is 21.9 Å². The molecule has 1 aromatic heterocycles. The molecule has 1 unspecified atom stereocenters. The molecule has 11 heavy (non-hydrogen) atoms. The zero-order chi connectivity index (χ0) is 8.27. The Bertz CT molecular complexity index is 244. The lowest BCUT2D eigenvalue weighted by molar-refractivity contribution is -0.108. The highest BCUT2D eigenvalue weighted by Crippen LogP contribution is 1.98. The van der Waals surface area contributed by atoms with Gasteiger partial charge in [0.25, 0.3) is 0 Å². The monoisotopic (exact) mass is 153 g/mol. The Morgan fingerprint density at radius 2 is 2.64 bits per heavy atom. The lowest BCUT2D eigenvalue weighted by Gasteiger charge is -2.03. The highest BCUT2D eigenvalue weighted by molar-refractivity contribution is 5.57. The Morgan fingerprint density at radius 3 is 3.09 bits per heavy atom. The van der Waals surface area contributed by atoms with Gasteiger partial charge in [-0.25, -0.2) is 4.98 Å². The molecule has 1 heterocycles. The van der Waals surface area contributed by atoms with Crippen molar-refractivity contribution in [2.45, 2.75) is 12.5 Å². The third kappa shape index (κ3) is 1.88. The molecule has 0 saturated heterocycles. The molecular formula is C7H11N3O. The van der Waals surface area contributed by atoms with Gasteiger partial charge in [-0.2, -0.15) is 0 Å².